The molecule has 4 nitrogen and oxygen atoms in total. The maximum Gasteiger partial charge on any atom is 0.266 e. The third-order valence-electron chi connectivity index (χ3n) is 2.52. The van der Waals surface area contributed by atoms with Crippen molar-refractivity contribution in [1.82, 2.24) is 14.9 Å². The minimum atomic E-state index is 0.0545. The molecule has 1 aliphatic carbocycles. The van der Waals surface area contributed by atoms with Crippen molar-refractivity contribution in [3.05, 3.63) is 26.4 Å². The standard InChI is InChI=1S/C10H14IN3O/c11-9-6-13-7-14(10(9)15)4-3-12-5-8-1-2-8/h6-8,12H,1-5H2. The molecule has 0 radical (unpaired) electrons. The Kier molecular flexibility index (Phi) is 3.74. The maximum absolute atomic E-state index is 11.6. The van der Waals surface area contributed by atoms with Crippen molar-refractivity contribution in [1.29, 1.82) is 0 Å². The number of aromatic nitrogens is 2. The lowest BCUT2D eigenvalue weighted by Crippen LogP contribution is -2.29. The van der Waals surface area contributed by atoms with Crippen LogP contribution in [0.1, 0.15) is 12.8 Å². The molecule has 15 heavy (non-hydrogen) atoms. The molecule has 1 fully saturated rings. The Labute approximate surface area is 102 Å². The summed E-state index contributed by atoms with van der Waals surface area (Å²) in [6, 6.07) is 0. The van der Waals surface area contributed by atoms with Crippen LogP contribution >= 0.6 is 22.6 Å². The highest BCUT2D eigenvalue weighted by atomic mass is 127. The molecular formula is C10H14IN3O. The zero-order chi connectivity index (χ0) is 10.7. The quantitative estimate of drug-likeness (QED) is 0.646. The molecule has 82 valence electrons. The second kappa shape index (κ2) is 5.07. The number of hydrogen-bond donors (Lipinski definition) is 1. The van der Waals surface area contributed by atoms with Crippen LogP contribution in [0.2, 0.25) is 0 Å². The van der Waals surface area contributed by atoms with Crippen molar-refractivity contribution in [3.8, 4) is 0 Å². The van der Waals surface area contributed by atoms with Gasteiger partial charge in [0.25, 0.3) is 5.56 Å². The van der Waals surface area contributed by atoms with Gasteiger partial charge in [0.2, 0.25) is 0 Å². The molecule has 0 bridgehead atoms. The van der Waals surface area contributed by atoms with Crippen molar-refractivity contribution < 1.29 is 0 Å². The van der Waals surface area contributed by atoms with Gasteiger partial charge in [-0.3, -0.25) is 9.36 Å². The summed E-state index contributed by atoms with van der Waals surface area (Å²) in [6.45, 7) is 2.64. The van der Waals surface area contributed by atoms with Crippen molar-refractivity contribution in [3.63, 3.8) is 0 Å². The molecule has 1 aromatic rings. The zero-order valence-corrected chi connectivity index (χ0v) is 10.6. The van der Waals surface area contributed by atoms with E-state index in [1.54, 1.807) is 17.1 Å². The van der Waals surface area contributed by atoms with Gasteiger partial charge in [-0.1, -0.05) is 0 Å². The summed E-state index contributed by atoms with van der Waals surface area (Å²) >= 11 is 2.02. The van der Waals surface area contributed by atoms with E-state index in [9.17, 15) is 4.79 Å². The maximum atomic E-state index is 11.6. The van der Waals surface area contributed by atoms with Gasteiger partial charge in [-0.05, 0) is 47.9 Å². The summed E-state index contributed by atoms with van der Waals surface area (Å²) in [6.07, 6.45) is 5.91. The summed E-state index contributed by atoms with van der Waals surface area (Å²) in [4.78, 5) is 15.6. The van der Waals surface area contributed by atoms with E-state index in [0.717, 1.165) is 19.0 Å². The van der Waals surface area contributed by atoms with Gasteiger partial charge >= 0.3 is 0 Å². The number of nitrogens with zero attached hydrogens (tertiary/aromatic N) is 2. The third kappa shape index (κ3) is 3.27. The highest BCUT2D eigenvalue weighted by molar-refractivity contribution is 14.1. The van der Waals surface area contributed by atoms with E-state index in [-0.39, 0.29) is 5.56 Å². The highest BCUT2D eigenvalue weighted by Gasteiger charge is 2.19. The lowest BCUT2D eigenvalue weighted by atomic mass is 10.4. The van der Waals surface area contributed by atoms with Gasteiger partial charge in [-0.25, -0.2) is 4.98 Å². The van der Waals surface area contributed by atoms with E-state index in [1.165, 1.54) is 12.8 Å². The molecule has 1 heterocycles. The molecule has 1 saturated carbocycles. The Hall–Kier alpha value is -0.430. The lowest BCUT2D eigenvalue weighted by molar-refractivity contribution is 0.560. The lowest BCUT2D eigenvalue weighted by Gasteiger charge is -2.06. The average molecular weight is 319 g/mol. The fourth-order valence-corrected chi connectivity index (χ4v) is 1.88. The van der Waals surface area contributed by atoms with Crippen LogP contribution in [0.15, 0.2) is 17.3 Å². The summed E-state index contributed by atoms with van der Waals surface area (Å²) in [7, 11) is 0. The monoisotopic (exact) mass is 319 g/mol. The number of hydrogen-bond acceptors (Lipinski definition) is 3. The van der Waals surface area contributed by atoms with Gasteiger partial charge in [-0.2, -0.15) is 0 Å². The van der Waals surface area contributed by atoms with Crippen LogP contribution < -0.4 is 10.9 Å². The normalized spacial score (nSPS) is 15.5. The molecule has 2 rings (SSSR count). The van der Waals surface area contributed by atoms with E-state index < -0.39 is 0 Å². The molecule has 0 amide bonds. The summed E-state index contributed by atoms with van der Waals surface area (Å²) in [5, 5.41) is 3.35. The molecule has 0 spiro atoms. The van der Waals surface area contributed by atoms with E-state index in [0.29, 0.717) is 10.1 Å². The van der Waals surface area contributed by atoms with Crippen molar-refractivity contribution in [2.24, 2.45) is 5.92 Å². The zero-order valence-electron chi connectivity index (χ0n) is 8.45. The Morgan fingerprint density at radius 3 is 3.13 bits per heavy atom. The summed E-state index contributed by atoms with van der Waals surface area (Å²) in [5.74, 6) is 0.885. The van der Waals surface area contributed by atoms with Crippen molar-refractivity contribution >= 4 is 22.6 Å². The van der Waals surface area contributed by atoms with E-state index in [4.69, 9.17) is 0 Å². The van der Waals surface area contributed by atoms with Crippen molar-refractivity contribution in [2.75, 3.05) is 13.1 Å². The van der Waals surface area contributed by atoms with Gasteiger partial charge in [0.05, 0.1) is 9.90 Å². The molecule has 5 heteroatoms. The van der Waals surface area contributed by atoms with Crippen LogP contribution in [-0.4, -0.2) is 22.6 Å². The molecule has 0 aliphatic heterocycles. The van der Waals surface area contributed by atoms with Gasteiger partial charge in [0, 0.05) is 19.3 Å². The predicted octanol–water partition coefficient (Wildman–Crippen LogP) is 0.848. The second-order valence-electron chi connectivity index (χ2n) is 3.89. The van der Waals surface area contributed by atoms with Crippen LogP contribution in [0.25, 0.3) is 0 Å². The Balaban J connectivity index is 1.81. The van der Waals surface area contributed by atoms with Crippen LogP contribution in [0.5, 0.6) is 0 Å². The van der Waals surface area contributed by atoms with E-state index >= 15 is 0 Å². The van der Waals surface area contributed by atoms with E-state index in [1.807, 2.05) is 22.6 Å². The molecular weight excluding hydrogens is 305 g/mol. The van der Waals surface area contributed by atoms with Gasteiger partial charge in [0.1, 0.15) is 0 Å². The summed E-state index contributed by atoms with van der Waals surface area (Å²) in [5.41, 5.74) is 0.0545. The average Bonchev–Trinajstić information content (AvgIpc) is 3.02. The van der Waals surface area contributed by atoms with Crippen LogP contribution in [0, 0.1) is 9.49 Å². The van der Waals surface area contributed by atoms with Crippen LogP contribution in [0.3, 0.4) is 0 Å². The molecule has 0 atom stereocenters. The smallest absolute Gasteiger partial charge is 0.266 e. The predicted molar refractivity (Wildman–Crippen MR) is 66.8 cm³/mol. The first-order valence-electron chi connectivity index (χ1n) is 5.18. The fraction of sp³-hybridized carbons (Fsp3) is 0.600. The topological polar surface area (TPSA) is 46.9 Å². The van der Waals surface area contributed by atoms with Gasteiger partial charge in [0.15, 0.2) is 0 Å². The first-order chi connectivity index (χ1) is 7.27. The Morgan fingerprint density at radius 2 is 2.40 bits per heavy atom. The van der Waals surface area contributed by atoms with Crippen LogP contribution in [0.4, 0.5) is 0 Å². The number of nitrogens with one attached hydrogen (secondary N) is 1. The molecule has 0 aromatic carbocycles. The fourth-order valence-electron chi connectivity index (χ4n) is 1.41. The Morgan fingerprint density at radius 1 is 1.60 bits per heavy atom. The first-order valence-corrected chi connectivity index (χ1v) is 6.26. The SMILES string of the molecule is O=c1c(I)cncn1CCNCC1CC1. The molecule has 0 unspecified atom stereocenters. The Bertz CT molecular complexity index is 386. The van der Waals surface area contributed by atoms with Crippen molar-refractivity contribution in [2.45, 2.75) is 19.4 Å². The number of halogens is 1. The largest absolute Gasteiger partial charge is 0.315 e. The molecule has 1 N–H and O–H groups in total. The molecule has 1 aliphatic rings. The van der Waals surface area contributed by atoms with Gasteiger partial charge < -0.3 is 5.32 Å². The first kappa shape index (κ1) is 11.1. The molecule has 0 saturated heterocycles. The second-order valence-corrected chi connectivity index (χ2v) is 5.05. The number of rotatable bonds is 5. The minimum Gasteiger partial charge on any atom is -0.315 e. The summed E-state index contributed by atoms with van der Waals surface area (Å²) < 4.78 is 2.33. The molecule has 1 aromatic heterocycles. The van der Waals surface area contributed by atoms with Crippen LogP contribution in [-0.2, 0) is 6.54 Å². The third-order valence-corrected chi connectivity index (χ3v) is 3.26. The van der Waals surface area contributed by atoms with Gasteiger partial charge in [-0.15, -0.1) is 0 Å². The minimum absolute atomic E-state index is 0.0545. The van der Waals surface area contributed by atoms with E-state index in [2.05, 4.69) is 10.3 Å². The highest BCUT2D eigenvalue weighted by Crippen LogP contribution is 2.27.